The van der Waals surface area contributed by atoms with Crippen LogP contribution in [0, 0.1) is 0 Å². The summed E-state index contributed by atoms with van der Waals surface area (Å²) in [5.74, 6) is 0. The van der Waals surface area contributed by atoms with E-state index < -0.39 is 0 Å². The first kappa shape index (κ1) is 16.6. The van der Waals surface area contributed by atoms with E-state index in [1.807, 2.05) is 6.07 Å². The average molecular weight is 311 g/mol. The van der Waals surface area contributed by atoms with Crippen LogP contribution in [-0.4, -0.2) is 29.8 Å². The van der Waals surface area contributed by atoms with E-state index in [0.717, 1.165) is 30.2 Å². The van der Waals surface area contributed by atoms with Crippen LogP contribution in [0.3, 0.4) is 0 Å². The average Bonchev–Trinajstić information content (AvgIpc) is 2.44. The van der Waals surface area contributed by atoms with E-state index in [9.17, 15) is 5.11 Å². The van der Waals surface area contributed by atoms with E-state index >= 15 is 0 Å². The third kappa shape index (κ3) is 4.60. The Hall–Kier alpha value is -0.770. The SMILES string of the molecule is CC(C)(C)NCc1ccc(N2CCCCC2CO)c(Cl)c1. The van der Waals surface area contributed by atoms with Crippen LogP contribution in [0.15, 0.2) is 18.2 Å². The first-order valence-electron chi connectivity index (χ1n) is 7.81. The largest absolute Gasteiger partial charge is 0.394 e. The lowest BCUT2D eigenvalue weighted by Crippen LogP contribution is -2.42. The van der Waals surface area contributed by atoms with E-state index in [2.05, 4.69) is 43.1 Å². The smallest absolute Gasteiger partial charge is 0.0642 e. The Morgan fingerprint density at radius 1 is 1.33 bits per heavy atom. The molecule has 2 N–H and O–H groups in total. The minimum Gasteiger partial charge on any atom is -0.394 e. The molecule has 118 valence electrons. The Balaban J connectivity index is 2.11. The summed E-state index contributed by atoms with van der Waals surface area (Å²) in [6.45, 7) is 8.45. The molecule has 0 radical (unpaired) electrons. The van der Waals surface area contributed by atoms with Gasteiger partial charge >= 0.3 is 0 Å². The third-order valence-electron chi connectivity index (χ3n) is 3.98. The highest BCUT2D eigenvalue weighted by atomic mass is 35.5. The van der Waals surface area contributed by atoms with Gasteiger partial charge in [0.2, 0.25) is 0 Å². The maximum atomic E-state index is 9.55. The number of benzene rings is 1. The molecule has 1 aromatic carbocycles. The van der Waals surface area contributed by atoms with Gasteiger partial charge in [-0.3, -0.25) is 0 Å². The molecule has 21 heavy (non-hydrogen) atoms. The first-order valence-corrected chi connectivity index (χ1v) is 8.19. The highest BCUT2D eigenvalue weighted by molar-refractivity contribution is 6.33. The Morgan fingerprint density at radius 2 is 2.10 bits per heavy atom. The minimum absolute atomic E-state index is 0.0972. The zero-order chi connectivity index (χ0) is 15.5. The molecule has 1 saturated heterocycles. The number of hydrogen-bond acceptors (Lipinski definition) is 3. The monoisotopic (exact) mass is 310 g/mol. The molecule has 2 rings (SSSR count). The Labute approximate surface area is 133 Å². The van der Waals surface area contributed by atoms with E-state index in [1.54, 1.807) is 0 Å². The van der Waals surface area contributed by atoms with Crippen molar-refractivity contribution in [2.45, 2.75) is 58.2 Å². The minimum atomic E-state index is 0.0972. The topological polar surface area (TPSA) is 35.5 Å². The first-order chi connectivity index (χ1) is 9.90. The lowest BCUT2D eigenvalue weighted by Gasteiger charge is -2.37. The number of hydrogen-bond donors (Lipinski definition) is 2. The van der Waals surface area contributed by atoms with Gasteiger partial charge in [0.25, 0.3) is 0 Å². The fraction of sp³-hybridized carbons (Fsp3) is 0.647. The van der Waals surface area contributed by atoms with Gasteiger partial charge in [-0.15, -0.1) is 0 Å². The van der Waals surface area contributed by atoms with Gasteiger partial charge in [0.1, 0.15) is 0 Å². The van der Waals surface area contributed by atoms with Crippen molar-refractivity contribution < 1.29 is 5.11 Å². The summed E-state index contributed by atoms with van der Waals surface area (Å²) in [5, 5.41) is 13.8. The van der Waals surface area contributed by atoms with Gasteiger partial charge in [0, 0.05) is 18.6 Å². The predicted molar refractivity (Wildman–Crippen MR) is 90.1 cm³/mol. The zero-order valence-corrected chi connectivity index (χ0v) is 14.1. The standard InChI is InChI=1S/C17H27ClN2O/c1-17(2,3)19-11-13-7-8-16(15(18)10-13)20-9-5-4-6-14(20)12-21/h7-8,10,14,19,21H,4-6,9,11-12H2,1-3H3. The van der Waals surface area contributed by atoms with Crippen LogP contribution in [0.4, 0.5) is 5.69 Å². The quantitative estimate of drug-likeness (QED) is 0.892. The number of aliphatic hydroxyl groups is 1. The molecule has 3 nitrogen and oxygen atoms in total. The molecule has 4 heteroatoms. The highest BCUT2D eigenvalue weighted by Gasteiger charge is 2.23. The van der Waals surface area contributed by atoms with Gasteiger partial charge in [-0.05, 0) is 57.7 Å². The van der Waals surface area contributed by atoms with Gasteiger partial charge in [-0.1, -0.05) is 17.7 Å². The number of aliphatic hydroxyl groups excluding tert-OH is 1. The molecule has 1 heterocycles. The van der Waals surface area contributed by atoms with Crippen LogP contribution in [0.1, 0.15) is 45.6 Å². The Morgan fingerprint density at radius 3 is 2.71 bits per heavy atom. The summed E-state index contributed by atoms with van der Waals surface area (Å²) < 4.78 is 0. The number of piperidine rings is 1. The van der Waals surface area contributed by atoms with E-state index in [-0.39, 0.29) is 18.2 Å². The van der Waals surface area contributed by atoms with E-state index in [4.69, 9.17) is 11.6 Å². The fourth-order valence-corrected chi connectivity index (χ4v) is 3.08. The van der Waals surface area contributed by atoms with Gasteiger partial charge in [0.15, 0.2) is 0 Å². The van der Waals surface area contributed by atoms with Crippen molar-refractivity contribution in [3.05, 3.63) is 28.8 Å². The van der Waals surface area contributed by atoms with Crippen molar-refractivity contribution in [3.63, 3.8) is 0 Å². The second-order valence-electron chi connectivity index (χ2n) is 6.91. The van der Waals surface area contributed by atoms with Crippen LogP contribution in [0.5, 0.6) is 0 Å². The molecule has 0 saturated carbocycles. The van der Waals surface area contributed by atoms with E-state index in [1.165, 1.54) is 18.4 Å². The zero-order valence-electron chi connectivity index (χ0n) is 13.3. The molecule has 0 spiro atoms. The van der Waals surface area contributed by atoms with Crippen molar-refractivity contribution >= 4 is 17.3 Å². The maximum absolute atomic E-state index is 9.55. The predicted octanol–water partition coefficient (Wildman–Crippen LogP) is 3.58. The molecule has 0 aliphatic carbocycles. The molecule has 1 unspecified atom stereocenters. The van der Waals surface area contributed by atoms with Crippen LogP contribution in [0.2, 0.25) is 5.02 Å². The molecule has 1 aliphatic heterocycles. The summed E-state index contributed by atoms with van der Waals surface area (Å²) >= 11 is 6.48. The van der Waals surface area contributed by atoms with Crippen LogP contribution >= 0.6 is 11.6 Å². The molecule has 1 atom stereocenters. The lowest BCUT2D eigenvalue weighted by atomic mass is 10.0. The summed E-state index contributed by atoms with van der Waals surface area (Å²) in [7, 11) is 0. The number of anilines is 1. The second-order valence-corrected chi connectivity index (χ2v) is 7.32. The summed E-state index contributed by atoms with van der Waals surface area (Å²) in [6.07, 6.45) is 3.40. The van der Waals surface area contributed by atoms with E-state index in [0.29, 0.717) is 0 Å². The molecule has 1 aliphatic rings. The van der Waals surface area contributed by atoms with Crippen molar-refractivity contribution in [1.29, 1.82) is 0 Å². The number of nitrogens with zero attached hydrogens (tertiary/aromatic N) is 1. The molecule has 1 aromatic rings. The van der Waals surface area contributed by atoms with Gasteiger partial charge in [0.05, 0.1) is 23.4 Å². The van der Waals surface area contributed by atoms with Crippen molar-refractivity contribution in [1.82, 2.24) is 5.32 Å². The summed E-state index contributed by atoms with van der Waals surface area (Å²) in [4.78, 5) is 2.26. The number of nitrogens with one attached hydrogen (secondary N) is 1. The molecule has 0 amide bonds. The second kappa shape index (κ2) is 6.99. The summed E-state index contributed by atoms with van der Waals surface area (Å²) in [5.41, 5.74) is 2.34. The Bertz CT molecular complexity index is 470. The van der Waals surface area contributed by atoms with Crippen LogP contribution in [0.25, 0.3) is 0 Å². The molecule has 0 bridgehead atoms. The van der Waals surface area contributed by atoms with Crippen LogP contribution < -0.4 is 10.2 Å². The van der Waals surface area contributed by atoms with Crippen molar-refractivity contribution in [2.75, 3.05) is 18.1 Å². The fourth-order valence-electron chi connectivity index (χ4n) is 2.77. The van der Waals surface area contributed by atoms with Crippen molar-refractivity contribution in [3.8, 4) is 0 Å². The van der Waals surface area contributed by atoms with Crippen molar-refractivity contribution in [2.24, 2.45) is 0 Å². The van der Waals surface area contributed by atoms with Gasteiger partial charge < -0.3 is 15.3 Å². The maximum Gasteiger partial charge on any atom is 0.0642 e. The van der Waals surface area contributed by atoms with Gasteiger partial charge in [-0.2, -0.15) is 0 Å². The Kier molecular flexibility index (Phi) is 5.53. The number of halogens is 1. The van der Waals surface area contributed by atoms with Gasteiger partial charge in [-0.25, -0.2) is 0 Å². The molecular weight excluding hydrogens is 284 g/mol. The summed E-state index contributed by atoms with van der Waals surface area (Å²) in [6, 6.07) is 6.47. The molecule has 0 aromatic heterocycles. The van der Waals surface area contributed by atoms with Crippen LogP contribution in [-0.2, 0) is 6.54 Å². The normalized spacial score (nSPS) is 19.9. The number of rotatable bonds is 4. The molecular formula is C17H27ClN2O. The third-order valence-corrected chi connectivity index (χ3v) is 4.28. The molecule has 1 fully saturated rings. The highest BCUT2D eigenvalue weighted by Crippen LogP contribution is 2.32. The lowest BCUT2D eigenvalue weighted by molar-refractivity contribution is 0.240.